The van der Waals surface area contributed by atoms with E-state index in [9.17, 15) is 4.39 Å². The molecule has 1 fully saturated rings. The molecule has 0 saturated carbocycles. The Morgan fingerprint density at radius 1 is 1.35 bits per heavy atom. The lowest BCUT2D eigenvalue weighted by molar-refractivity contribution is 0.262. The summed E-state index contributed by atoms with van der Waals surface area (Å²) in [5.74, 6) is -0.162. The van der Waals surface area contributed by atoms with E-state index in [2.05, 4.69) is 24.3 Å². The van der Waals surface area contributed by atoms with Crippen LogP contribution in [0.15, 0.2) is 24.3 Å². The standard InChI is InChI=1S/C14H21FN2/c1-17(2)14(10-13-4-3-9-16-13)11-5-7-12(15)8-6-11/h5-8,13-14,16H,3-4,9-10H2,1-2H3. The summed E-state index contributed by atoms with van der Waals surface area (Å²) >= 11 is 0. The van der Waals surface area contributed by atoms with E-state index in [1.807, 2.05) is 12.1 Å². The molecule has 0 amide bonds. The Balaban J connectivity index is 2.08. The predicted octanol–water partition coefficient (Wildman–Crippen LogP) is 2.57. The maximum Gasteiger partial charge on any atom is 0.123 e. The van der Waals surface area contributed by atoms with Gasteiger partial charge in [0.2, 0.25) is 0 Å². The van der Waals surface area contributed by atoms with Gasteiger partial charge in [-0.3, -0.25) is 0 Å². The number of hydrogen-bond acceptors (Lipinski definition) is 2. The van der Waals surface area contributed by atoms with Crippen LogP contribution in [0.1, 0.15) is 30.9 Å². The second-order valence-corrected chi connectivity index (χ2v) is 5.06. The molecule has 2 atom stereocenters. The van der Waals surface area contributed by atoms with Gasteiger partial charge in [0.1, 0.15) is 5.82 Å². The van der Waals surface area contributed by atoms with Gasteiger partial charge in [0.25, 0.3) is 0 Å². The zero-order valence-corrected chi connectivity index (χ0v) is 10.6. The lowest BCUT2D eigenvalue weighted by Crippen LogP contribution is -2.29. The summed E-state index contributed by atoms with van der Waals surface area (Å²) < 4.78 is 12.9. The van der Waals surface area contributed by atoms with E-state index in [4.69, 9.17) is 0 Å². The van der Waals surface area contributed by atoms with Gasteiger partial charge in [0.15, 0.2) is 0 Å². The molecule has 2 nitrogen and oxygen atoms in total. The maximum absolute atomic E-state index is 12.9. The van der Waals surface area contributed by atoms with E-state index >= 15 is 0 Å². The fourth-order valence-electron chi connectivity index (χ4n) is 2.56. The van der Waals surface area contributed by atoms with Gasteiger partial charge >= 0.3 is 0 Å². The van der Waals surface area contributed by atoms with Crippen LogP contribution in [0.4, 0.5) is 4.39 Å². The summed E-state index contributed by atoms with van der Waals surface area (Å²) in [4.78, 5) is 2.22. The largest absolute Gasteiger partial charge is 0.314 e. The minimum absolute atomic E-state index is 0.162. The first kappa shape index (κ1) is 12.5. The van der Waals surface area contributed by atoms with Crippen LogP contribution in [-0.2, 0) is 0 Å². The van der Waals surface area contributed by atoms with Crippen molar-refractivity contribution in [3.63, 3.8) is 0 Å². The molecule has 1 N–H and O–H groups in total. The van der Waals surface area contributed by atoms with Crippen LogP contribution < -0.4 is 5.32 Å². The minimum Gasteiger partial charge on any atom is -0.314 e. The molecule has 1 aliphatic rings. The van der Waals surface area contributed by atoms with Crippen molar-refractivity contribution in [3.05, 3.63) is 35.6 Å². The Bertz CT molecular complexity index is 342. The molecule has 1 aromatic rings. The highest BCUT2D eigenvalue weighted by Gasteiger charge is 2.22. The summed E-state index contributed by atoms with van der Waals surface area (Å²) in [6.07, 6.45) is 3.62. The number of rotatable bonds is 4. The Morgan fingerprint density at radius 3 is 2.59 bits per heavy atom. The molecule has 17 heavy (non-hydrogen) atoms. The van der Waals surface area contributed by atoms with Crippen molar-refractivity contribution in [2.45, 2.75) is 31.3 Å². The zero-order chi connectivity index (χ0) is 12.3. The fraction of sp³-hybridized carbons (Fsp3) is 0.571. The van der Waals surface area contributed by atoms with Crippen LogP contribution in [0.3, 0.4) is 0 Å². The summed E-state index contributed by atoms with van der Waals surface area (Å²) in [5.41, 5.74) is 1.20. The second kappa shape index (κ2) is 5.61. The summed E-state index contributed by atoms with van der Waals surface area (Å²) in [6.45, 7) is 1.13. The highest BCUT2D eigenvalue weighted by molar-refractivity contribution is 5.20. The van der Waals surface area contributed by atoms with E-state index in [0.29, 0.717) is 12.1 Å². The number of benzene rings is 1. The first-order valence-corrected chi connectivity index (χ1v) is 6.32. The fourth-order valence-corrected chi connectivity index (χ4v) is 2.56. The van der Waals surface area contributed by atoms with Crippen molar-refractivity contribution in [3.8, 4) is 0 Å². The van der Waals surface area contributed by atoms with E-state index in [0.717, 1.165) is 13.0 Å². The zero-order valence-electron chi connectivity index (χ0n) is 10.6. The quantitative estimate of drug-likeness (QED) is 0.864. The van der Waals surface area contributed by atoms with Crippen molar-refractivity contribution in [2.75, 3.05) is 20.6 Å². The summed E-state index contributed by atoms with van der Waals surface area (Å²) in [6, 6.07) is 7.87. The minimum atomic E-state index is -0.162. The molecule has 2 unspecified atom stereocenters. The van der Waals surface area contributed by atoms with Gasteiger partial charge in [-0.25, -0.2) is 4.39 Å². The van der Waals surface area contributed by atoms with Crippen LogP contribution in [0.2, 0.25) is 0 Å². The molecule has 3 heteroatoms. The van der Waals surface area contributed by atoms with E-state index in [1.165, 1.54) is 18.4 Å². The molecule has 1 aromatic carbocycles. The molecule has 2 rings (SSSR count). The average Bonchev–Trinajstić information content (AvgIpc) is 2.80. The molecule has 1 aliphatic heterocycles. The highest BCUT2D eigenvalue weighted by Crippen LogP contribution is 2.26. The van der Waals surface area contributed by atoms with Gasteiger partial charge in [0.05, 0.1) is 0 Å². The van der Waals surface area contributed by atoms with Crippen LogP contribution in [0.25, 0.3) is 0 Å². The Morgan fingerprint density at radius 2 is 2.06 bits per heavy atom. The monoisotopic (exact) mass is 236 g/mol. The van der Waals surface area contributed by atoms with Gasteiger partial charge in [-0.05, 0) is 57.6 Å². The molecule has 94 valence electrons. The molecular weight excluding hydrogens is 215 g/mol. The lowest BCUT2D eigenvalue weighted by Gasteiger charge is -2.27. The normalized spacial score (nSPS) is 22.0. The topological polar surface area (TPSA) is 15.3 Å². The number of nitrogens with zero attached hydrogens (tertiary/aromatic N) is 1. The van der Waals surface area contributed by atoms with Crippen molar-refractivity contribution in [1.82, 2.24) is 10.2 Å². The van der Waals surface area contributed by atoms with Crippen molar-refractivity contribution in [2.24, 2.45) is 0 Å². The molecule has 0 aromatic heterocycles. The molecule has 1 heterocycles. The van der Waals surface area contributed by atoms with E-state index in [1.54, 1.807) is 12.1 Å². The van der Waals surface area contributed by atoms with Crippen LogP contribution in [-0.4, -0.2) is 31.6 Å². The van der Waals surface area contributed by atoms with Crippen LogP contribution in [0, 0.1) is 5.82 Å². The third kappa shape index (κ3) is 3.27. The smallest absolute Gasteiger partial charge is 0.123 e. The average molecular weight is 236 g/mol. The molecule has 0 bridgehead atoms. The Labute approximate surface area is 103 Å². The molecule has 1 saturated heterocycles. The lowest BCUT2D eigenvalue weighted by atomic mass is 9.97. The first-order chi connectivity index (χ1) is 8.16. The van der Waals surface area contributed by atoms with Gasteiger partial charge in [-0.2, -0.15) is 0 Å². The second-order valence-electron chi connectivity index (χ2n) is 5.06. The molecule has 0 aliphatic carbocycles. The molecule has 0 radical (unpaired) electrons. The van der Waals surface area contributed by atoms with E-state index in [-0.39, 0.29) is 5.82 Å². The van der Waals surface area contributed by atoms with E-state index < -0.39 is 0 Å². The number of halogens is 1. The van der Waals surface area contributed by atoms with Crippen molar-refractivity contribution in [1.29, 1.82) is 0 Å². The van der Waals surface area contributed by atoms with Gasteiger partial charge in [0, 0.05) is 12.1 Å². The van der Waals surface area contributed by atoms with Gasteiger partial charge in [-0.15, -0.1) is 0 Å². The third-order valence-electron chi connectivity index (χ3n) is 3.55. The Hall–Kier alpha value is -0.930. The maximum atomic E-state index is 12.9. The molecule has 0 spiro atoms. The summed E-state index contributed by atoms with van der Waals surface area (Å²) in [7, 11) is 4.17. The first-order valence-electron chi connectivity index (χ1n) is 6.32. The Kier molecular flexibility index (Phi) is 4.13. The van der Waals surface area contributed by atoms with Crippen molar-refractivity contribution >= 4 is 0 Å². The van der Waals surface area contributed by atoms with Gasteiger partial charge in [-0.1, -0.05) is 12.1 Å². The predicted molar refractivity (Wildman–Crippen MR) is 68.5 cm³/mol. The van der Waals surface area contributed by atoms with Crippen LogP contribution >= 0.6 is 0 Å². The third-order valence-corrected chi connectivity index (χ3v) is 3.55. The number of hydrogen-bond donors (Lipinski definition) is 1. The van der Waals surface area contributed by atoms with Crippen molar-refractivity contribution < 1.29 is 4.39 Å². The molecular formula is C14H21FN2. The SMILES string of the molecule is CN(C)C(CC1CCCN1)c1ccc(F)cc1. The van der Waals surface area contributed by atoms with Crippen LogP contribution in [0.5, 0.6) is 0 Å². The summed E-state index contributed by atoms with van der Waals surface area (Å²) in [5, 5.41) is 3.52. The highest BCUT2D eigenvalue weighted by atomic mass is 19.1. The van der Waals surface area contributed by atoms with Gasteiger partial charge < -0.3 is 10.2 Å². The number of nitrogens with one attached hydrogen (secondary N) is 1.